The molecule has 0 aliphatic heterocycles. The molecule has 2 heterocycles. The van der Waals surface area contributed by atoms with Gasteiger partial charge in [0.2, 0.25) is 10.0 Å². The largest absolute Gasteiger partial charge is 0.330 e. The molecular formula is C16H16N4O2S2. The second-order valence-corrected chi connectivity index (χ2v) is 7.73. The number of hydrogen-bond donors (Lipinski definition) is 2. The van der Waals surface area contributed by atoms with Gasteiger partial charge >= 0.3 is 0 Å². The maximum Gasteiger partial charge on any atom is 0.240 e. The van der Waals surface area contributed by atoms with Crippen molar-refractivity contribution in [3.05, 3.63) is 53.2 Å². The van der Waals surface area contributed by atoms with Gasteiger partial charge in [-0.2, -0.15) is 0 Å². The van der Waals surface area contributed by atoms with Gasteiger partial charge in [0.25, 0.3) is 0 Å². The summed E-state index contributed by atoms with van der Waals surface area (Å²) in [4.78, 5) is 8.92. The molecule has 24 heavy (non-hydrogen) atoms. The number of nitrogens with zero attached hydrogens (tertiary/aromatic N) is 2. The Kier molecular flexibility index (Phi) is 4.35. The number of hydrogen-bond acceptors (Lipinski definition) is 6. The number of aromatic nitrogens is 2. The van der Waals surface area contributed by atoms with Crippen LogP contribution in [0.4, 0.5) is 10.8 Å². The summed E-state index contributed by atoms with van der Waals surface area (Å²) < 4.78 is 23.3. The van der Waals surface area contributed by atoms with E-state index in [0.29, 0.717) is 10.8 Å². The zero-order valence-corrected chi connectivity index (χ0v) is 14.8. The Balaban J connectivity index is 1.93. The van der Waals surface area contributed by atoms with E-state index in [1.165, 1.54) is 17.4 Å². The minimum Gasteiger partial charge on any atom is -0.330 e. The van der Waals surface area contributed by atoms with Crippen LogP contribution in [0.2, 0.25) is 0 Å². The van der Waals surface area contributed by atoms with E-state index in [2.05, 4.69) is 15.3 Å². The van der Waals surface area contributed by atoms with E-state index in [0.717, 1.165) is 22.6 Å². The van der Waals surface area contributed by atoms with Crippen molar-refractivity contribution in [3.8, 4) is 11.3 Å². The summed E-state index contributed by atoms with van der Waals surface area (Å²) in [5.41, 5.74) is 4.04. The van der Waals surface area contributed by atoms with Crippen molar-refractivity contribution < 1.29 is 8.42 Å². The fraction of sp³-hybridized carbons (Fsp3) is 0.125. The van der Waals surface area contributed by atoms with Crippen molar-refractivity contribution in [1.82, 2.24) is 9.97 Å². The minimum atomic E-state index is -3.80. The lowest BCUT2D eigenvalue weighted by Gasteiger charge is -2.07. The van der Waals surface area contributed by atoms with Crippen molar-refractivity contribution >= 4 is 32.2 Å². The van der Waals surface area contributed by atoms with Crippen LogP contribution in [0, 0.1) is 13.8 Å². The van der Waals surface area contributed by atoms with Crippen LogP contribution in [0.5, 0.6) is 0 Å². The summed E-state index contributed by atoms with van der Waals surface area (Å²) in [5.74, 6) is 0. The summed E-state index contributed by atoms with van der Waals surface area (Å²) in [7, 11) is -3.80. The van der Waals surface area contributed by atoms with Crippen LogP contribution in [0.3, 0.4) is 0 Å². The number of pyridine rings is 1. The van der Waals surface area contributed by atoms with E-state index in [4.69, 9.17) is 5.14 Å². The van der Waals surface area contributed by atoms with E-state index in [1.807, 2.05) is 31.4 Å². The summed E-state index contributed by atoms with van der Waals surface area (Å²) >= 11 is 1.39. The number of aryl methyl sites for hydroxylation is 2. The van der Waals surface area contributed by atoms with Crippen LogP contribution < -0.4 is 10.5 Å². The molecule has 0 saturated heterocycles. The van der Waals surface area contributed by atoms with Crippen molar-refractivity contribution in [1.29, 1.82) is 0 Å². The van der Waals surface area contributed by atoms with Gasteiger partial charge in [0.1, 0.15) is 4.90 Å². The molecule has 124 valence electrons. The zero-order chi connectivity index (χ0) is 17.3. The first-order chi connectivity index (χ1) is 11.3. The third-order valence-corrected chi connectivity index (χ3v) is 5.04. The molecule has 0 aliphatic carbocycles. The lowest BCUT2D eigenvalue weighted by Crippen LogP contribution is -2.13. The third-order valence-electron chi connectivity index (χ3n) is 3.32. The third kappa shape index (κ3) is 3.61. The standard InChI is InChI=1S/C16H16N4O2S2/c1-10-7-12(8-11(2)18-10)14-9-23-16(20-14)19-13-5-3-4-6-15(13)24(17,21)22/h3-9H,1-2H3,(H,19,20)(H2,17,21,22). The molecule has 8 heteroatoms. The molecule has 0 unspecified atom stereocenters. The molecule has 3 rings (SSSR count). The number of benzene rings is 1. The first kappa shape index (κ1) is 16.6. The molecule has 6 nitrogen and oxygen atoms in total. The van der Waals surface area contributed by atoms with Gasteiger partial charge in [-0.15, -0.1) is 11.3 Å². The second-order valence-electron chi connectivity index (χ2n) is 5.34. The topological polar surface area (TPSA) is 98.0 Å². The molecule has 0 fully saturated rings. The van der Waals surface area contributed by atoms with Crippen LogP contribution in [0.15, 0.2) is 46.7 Å². The average molecular weight is 360 g/mol. The molecule has 0 bridgehead atoms. The summed E-state index contributed by atoms with van der Waals surface area (Å²) in [5, 5.41) is 10.8. The Morgan fingerprint density at radius 2 is 1.75 bits per heavy atom. The first-order valence-corrected chi connectivity index (χ1v) is 9.55. The summed E-state index contributed by atoms with van der Waals surface area (Å²) in [6, 6.07) is 10.4. The molecule has 0 aliphatic rings. The number of thiazole rings is 1. The Bertz CT molecular complexity index is 977. The fourth-order valence-electron chi connectivity index (χ4n) is 2.38. The quantitative estimate of drug-likeness (QED) is 0.744. The van der Waals surface area contributed by atoms with E-state index >= 15 is 0 Å². The number of nitrogens with two attached hydrogens (primary N) is 1. The highest BCUT2D eigenvalue weighted by Crippen LogP contribution is 2.29. The number of rotatable bonds is 4. The van der Waals surface area contributed by atoms with Gasteiger partial charge in [-0.05, 0) is 38.1 Å². The predicted molar refractivity (Wildman–Crippen MR) is 95.9 cm³/mol. The highest BCUT2D eigenvalue weighted by Gasteiger charge is 2.14. The molecule has 0 atom stereocenters. The number of nitrogens with one attached hydrogen (secondary N) is 1. The van der Waals surface area contributed by atoms with Crippen LogP contribution >= 0.6 is 11.3 Å². The number of anilines is 2. The molecule has 0 spiro atoms. The lowest BCUT2D eigenvalue weighted by molar-refractivity contribution is 0.598. The second kappa shape index (κ2) is 6.31. The summed E-state index contributed by atoms with van der Waals surface area (Å²) in [6.07, 6.45) is 0. The molecular weight excluding hydrogens is 344 g/mol. The van der Waals surface area contributed by atoms with Crippen LogP contribution in [0.1, 0.15) is 11.4 Å². The van der Waals surface area contributed by atoms with E-state index in [-0.39, 0.29) is 4.90 Å². The molecule has 3 aromatic rings. The molecule has 1 aromatic carbocycles. The Hall–Kier alpha value is -2.29. The normalized spacial score (nSPS) is 11.5. The molecule has 2 aromatic heterocycles. The number of para-hydroxylation sites is 1. The molecule has 0 saturated carbocycles. The molecule has 0 radical (unpaired) electrons. The highest BCUT2D eigenvalue weighted by molar-refractivity contribution is 7.89. The fourth-order valence-corrected chi connectivity index (χ4v) is 3.81. The maximum absolute atomic E-state index is 11.7. The van der Waals surface area contributed by atoms with Gasteiger partial charge in [-0.25, -0.2) is 18.5 Å². The average Bonchev–Trinajstić information content (AvgIpc) is 2.94. The van der Waals surface area contributed by atoms with E-state index < -0.39 is 10.0 Å². The van der Waals surface area contributed by atoms with Crippen molar-refractivity contribution in [2.45, 2.75) is 18.7 Å². The zero-order valence-electron chi connectivity index (χ0n) is 13.1. The smallest absolute Gasteiger partial charge is 0.240 e. The molecule has 0 amide bonds. The monoisotopic (exact) mass is 360 g/mol. The van der Waals surface area contributed by atoms with Gasteiger partial charge in [-0.3, -0.25) is 4.98 Å². The lowest BCUT2D eigenvalue weighted by atomic mass is 10.1. The van der Waals surface area contributed by atoms with Crippen LogP contribution in [-0.4, -0.2) is 18.4 Å². The van der Waals surface area contributed by atoms with Crippen LogP contribution in [-0.2, 0) is 10.0 Å². The van der Waals surface area contributed by atoms with Gasteiger partial charge < -0.3 is 5.32 Å². The highest BCUT2D eigenvalue weighted by atomic mass is 32.2. The Morgan fingerprint density at radius 3 is 2.42 bits per heavy atom. The SMILES string of the molecule is Cc1cc(-c2csc(Nc3ccccc3S(N)(=O)=O)n2)cc(C)n1. The number of sulfonamides is 1. The Labute approximate surface area is 144 Å². The van der Waals surface area contributed by atoms with E-state index in [1.54, 1.807) is 18.2 Å². The molecule has 3 N–H and O–H groups in total. The van der Waals surface area contributed by atoms with Gasteiger partial charge in [0, 0.05) is 22.3 Å². The predicted octanol–water partition coefficient (Wildman–Crippen LogP) is 3.21. The number of primary sulfonamides is 1. The van der Waals surface area contributed by atoms with Crippen molar-refractivity contribution in [2.75, 3.05) is 5.32 Å². The Morgan fingerprint density at radius 1 is 1.08 bits per heavy atom. The summed E-state index contributed by atoms with van der Waals surface area (Å²) in [6.45, 7) is 3.87. The minimum absolute atomic E-state index is 0.0392. The van der Waals surface area contributed by atoms with Gasteiger partial charge in [0.15, 0.2) is 5.13 Å². The maximum atomic E-state index is 11.7. The van der Waals surface area contributed by atoms with Crippen LogP contribution in [0.25, 0.3) is 11.3 Å². The van der Waals surface area contributed by atoms with Crippen molar-refractivity contribution in [3.63, 3.8) is 0 Å². The van der Waals surface area contributed by atoms with E-state index in [9.17, 15) is 8.42 Å². The first-order valence-electron chi connectivity index (χ1n) is 7.13. The van der Waals surface area contributed by atoms with Gasteiger partial charge in [0.05, 0.1) is 11.4 Å². The van der Waals surface area contributed by atoms with Crippen molar-refractivity contribution in [2.24, 2.45) is 5.14 Å². The van der Waals surface area contributed by atoms with Gasteiger partial charge in [-0.1, -0.05) is 12.1 Å².